The van der Waals surface area contributed by atoms with Crippen LogP contribution in [-0.4, -0.2) is 35.3 Å². The Bertz CT molecular complexity index is 401. The molecule has 2 rings (SSSR count). The number of carbonyl (C=O) groups is 1. The number of nitrogens with zero attached hydrogens (tertiary/aromatic N) is 2. The van der Waals surface area contributed by atoms with Crippen molar-refractivity contribution in [3.8, 4) is 0 Å². The molecule has 0 aromatic carbocycles. The summed E-state index contributed by atoms with van der Waals surface area (Å²) in [6.45, 7) is 8.92. The fraction of sp³-hybridized carbons (Fsp3) is 0.667. The van der Waals surface area contributed by atoms with E-state index < -0.39 is 0 Å². The van der Waals surface area contributed by atoms with E-state index in [0.717, 1.165) is 19.6 Å². The van der Waals surface area contributed by atoms with Gasteiger partial charge in [0.2, 0.25) is 0 Å². The topological polar surface area (TPSA) is 59.0 Å². The Morgan fingerprint density at radius 2 is 2.29 bits per heavy atom. The molecule has 2 N–H and O–H groups in total. The summed E-state index contributed by atoms with van der Waals surface area (Å²) in [6.07, 6.45) is 3.42. The van der Waals surface area contributed by atoms with Gasteiger partial charge in [-0.2, -0.15) is 5.10 Å². The van der Waals surface area contributed by atoms with E-state index in [9.17, 15) is 4.79 Å². The Morgan fingerprint density at radius 3 is 2.76 bits per heavy atom. The zero-order valence-corrected chi connectivity index (χ0v) is 10.7. The van der Waals surface area contributed by atoms with Crippen molar-refractivity contribution in [2.45, 2.75) is 26.3 Å². The lowest BCUT2D eigenvalue weighted by atomic mass is 10.0. The number of nitrogens with one attached hydrogen (secondary N) is 2. The molecule has 17 heavy (non-hydrogen) atoms. The van der Waals surface area contributed by atoms with Crippen molar-refractivity contribution < 1.29 is 4.79 Å². The second-order valence-electron chi connectivity index (χ2n) is 5.58. The van der Waals surface area contributed by atoms with Gasteiger partial charge in [0, 0.05) is 31.7 Å². The molecule has 0 bridgehead atoms. The number of rotatable bonds is 3. The highest BCUT2D eigenvalue weighted by Gasteiger charge is 2.19. The maximum atomic E-state index is 11.8. The summed E-state index contributed by atoms with van der Waals surface area (Å²) in [5.74, 6) is 0.545. The van der Waals surface area contributed by atoms with E-state index in [1.165, 1.54) is 0 Å². The van der Waals surface area contributed by atoms with Crippen LogP contribution in [0.5, 0.6) is 0 Å². The lowest BCUT2D eigenvalue weighted by Crippen LogP contribution is -2.48. The Kier molecular flexibility index (Phi) is 3.19. The molecule has 94 valence electrons. The fourth-order valence-electron chi connectivity index (χ4n) is 1.64. The molecular formula is C12H20N4O. The molecule has 0 aliphatic carbocycles. The minimum atomic E-state index is -0.0869. The summed E-state index contributed by atoms with van der Waals surface area (Å²) in [5.41, 5.74) is 0.545. The third kappa shape index (κ3) is 2.85. The van der Waals surface area contributed by atoms with Gasteiger partial charge in [-0.05, 0) is 20.8 Å². The molecule has 1 fully saturated rings. The second kappa shape index (κ2) is 4.49. The summed E-state index contributed by atoms with van der Waals surface area (Å²) < 4.78 is 1.81. The van der Waals surface area contributed by atoms with Gasteiger partial charge in [-0.1, -0.05) is 0 Å². The van der Waals surface area contributed by atoms with E-state index in [2.05, 4.69) is 36.5 Å². The molecule has 1 aliphatic rings. The van der Waals surface area contributed by atoms with Gasteiger partial charge in [0.05, 0.1) is 17.3 Å². The predicted octanol–water partition coefficient (Wildman–Crippen LogP) is 0.587. The van der Waals surface area contributed by atoms with Crippen LogP contribution in [0.3, 0.4) is 0 Å². The van der Waals surface area contributed by atoms with Crippen LogP contribution in [0.4, 0.5) is 0 Å². The lowest BCUT2D eigenvalue weighted by molar-refractivity contribution is 0.0942. The number of amides is 1. The maximum absolute atomic E-state index is 11.8. The minimum Gasteiger partial charge on any atom is -0.352 e. The Hall–Kier alpha value is -1.36. The van der Waals surface area contributed by atoms with E-state index in [4.69, 9.17) is 0 Å². The van der Waals surface area contributed by atoms with Crippen LogP contribution < -0.4 is 10.6 Å². The van der Waals surface area contributed by atoms with Gasteiger partial charge >= 0.3 is 0 Å². The molecule has 0 unspecified atom stereocenters. The van der Waals surface area contributed by atoms with Gasteiger partial charge in [-0.15, -0.1) is 0 Å². The summed E-state index contributed by atoms with van der Waals surface area (Å²) in [4.78, 5) is 11.8. The van der Waals surface area contributed by atoms with Crippen molar-refractivity contribution in [3.05, 3.63) is 18.0 Å². The first-order valence-electron chi connectivity index (χ1n) is 6.01. The maximum Gasteiger partial charge on any atom is 0.254 e. The van der Waals surface area contributed by atoms with Gasteiger partial charge in [0.15, 0.2) is 0 Å². The van der Waals surface area contributed by atoms with E-state index in [1.807, 2.05) is 4.68 Å². The highest BCUT2D eigenvalue weighted by molar-refractivity contribution is 5.93. The van der Waals surface area contributed by atoms with E-state index in [0.29, 0.717) is 11.5 Å². The molecule has 1 amide bonds. The molecule has 5 heteroatoms. The molecular weight excluding hydrogens is 216 g/mol. The largest absolute Gasteiger partial charge is 0.352 e. The first kappa shape index (κ1) is 12.1. The quantitative estimate of drug-likeness (QED) is 0.807. The van der Waals surface area contributed by atoms with E-state index in [-0.39, 0.29) is 11.4 Å². The Labute approximate surface area is 102 Å². The Balaban J connectivity index is 1.92. The molecule has 0 saturated carbocycles. The number of aromatic nitrogens is 2. The third-order valence-corrected chi connectivity index (χ3v) is 2.95. The molecule has 2 heterocycles. The monoisotopic (exact) mass is 236 g/mol. The first-order chi connectivity index (χ1) is 7.97. The highest BCUT2D eigenvalue weighted by atomic mass is 16.1. The summed E-state index contributed by atoms with van der Waals surface area (Å²) >= 11 is 0. The summed E-state index contributed by atoms with van der Waals surface area (Å²) in [5, 5.41) is 10.3. The van der Waals surface area contributed by atoms with Crippen LogP contribution in [0.1, 0.15) is 31.1 Å². The fourth-order valence-corrected chi connectivity index (χ4v) is 1.64. The molecule has 0 atom stereocenters. The van der Waals surface area contributed by atoms with Crippen LogP contribution in [0.25, 0.3) is 0 Å². The van der Waals surface area contributed by atoms with Gasteiger partial charge in [0.1, 0.15) is 0 Å². The molecule has 0 spiro atoms. The number of hydrogen-bond donors (Lipinski definition) is 2. The SMILES string of the molecule is CC(C)(C)n1cc(C(=O)NCC2CNC2)cn1. The predicted molar refractivity (Wildman–Crippen MR) is 65.9 cm³/mol. The van der Waals surface area contributed by atoms with Crippen molar-refractivity contribution in [2.24, 2.45) is 5.92 Å². The van der Waals surface area contributed by atoms with E-state index in [1.54, 1.807) is 12.4 Å². The first-order valence-corrected chi connectivity index (χ1v) is 6.01. The summed E-state index contributed by atoms with van der Waals surface area (Å²) in [6, 6.07) is 0. The molecule has 1 saturated heterocycles. The molecule has 1 aromatic rings. The molecule has 0 radical (unpaired) electrons. The third-order valence-electron chi connectivity index (χ3n) is 2.95. The average molecular weight is 236 g/mol. The van der Waals surface area contributed by atoms with Gasteiger partial charge < -0.3 is 10.6 Å². The zero-order valence-electron chi connectivity index (χ0n) is 10.7. The minimum absolute atomic E-state index is 0.0348. The zero-order chi connectivity index (χ0) is 12.5. The number of hydrogen-bond acceptors (Lipinski definition) is 3. The van der Waals surface area contributed by atoms with Crippen molar-refractivity contribution >= 4 is 5.91 Å². The molecule has 5 nitrogen and oxygen atoms in total. The van der Waals surface area contributed by atoms with Crippen LogP contribution >= 0.6 is 0 Å². The van der Waals surface area contributed by atoms with Crippen LogP contribution in [0.15, 0.2) is 12.4 Å². The van der Waals surface area contributed by atoms with Crippen LogP contribution in [0, 0.1) is 5.92 Å². The lowest BCUT2D eigenvalue weighted by Gasteiger charge is -2.26. The molecule has 1 aliphatic heterocycles. The summed E-state index contributed by atoms with van der Waals surface area (Å²) in [7, 11) is 0. The average Bonchev–Trinajstić information content (AvgIpc) is 2.62. The van der Waals surface area contributed by atoms with E-state index >= 15 is 0 Å². The Morgan fingerprint density at radius 1 is 1.59 bits per heavy atom. The van der Waals surface area contributed by atoms with Crippen LogP contribution in [-0.2, 0) is 5.54 Å². The van der Waals surface area contributed by atoms with Crippen LogP contribution in [0.2, 0.25) is 0 Å². The van der Waals surface area contributed by atoms with Crippen molar-refractivity contribution in [3.63, 3.8) is 0 Å². The molecule has 1 aromatic heterocycles. The highest BCUT2D eigenvalue weighted by Crippen LogP contribution is 2.13. The van der Waals surface area contributed by atoms with Gasteiger partial charge in [-0.3, -0.25) is 9.48 Å². The number of carbonyl (C=O) groups excluding carboxylic acids is 1. The standard InChI is InChI=1S/C12H20N4O/c1-12(2,3)16-8-10(7-15-16)11(17)14-6-9-4-13-5-9/h7-9,13H,4-6H2,1-3H3,(H,14,17). The normalized spacial score (nSPS) is 16.6. The van der Waals surface area contributed by atoms with Gasteiger partial charge in [-0.25, -0.2) is 0 Å². The van der Waals surface area contributed by atoms with Crippen molar-refractivity contribution in [2.75, 3.05) is 19.6 Å². The van der Waals surface area contributed by atoms with Crippen molar-refractivity contribution in [1.29, 1.82) is 0 Å². The second-order valence-corrected chi connectivity index (χ2v) is 5.58. The van der Waals surface area contributed by atoms with Gasteiger partial charge in [0.25, 0.3) is 5.91 Å². The van der Waals surface area contributed by atoms with Crippen molar-refractivity contribution in [1.82, 2.24) is 20.4 Å². The smallest absolute Gasteiger partial charge is 0.254 e.